The van der Waals surface area contributed by atoms with Crippen LogP contribution in [-0.4, -0.2) is 47.2 Å². The highest BCUT2D eigenvalue weighted by molar-refractivity contribution is 9.11. The largest absolute Gasteiger partial charge is 0.421 e. The number of halogens is 4. The molecule has 1 fully saturated rings. The Morgan fingerprint density at radius 2 is 1.71 bits per heavy atom. The van der Waals surface area contributed by atoms with E-state index in [9.17, 15) is 9.59 Å². The van der Waals surface area contributed by atoms with Gasteiger partial charge in [-0.15, -0.1) is 10.2 Å². The molecule has 0 aliphatic carbocycles. The van der Waals surface area contributed by atoms with Crippen molar-refractivity contribution in [2.24, 2.45) is 0 Å². The summed E-state index contributed by atoms with van der Waals surface area (Å²) < 4.78 is 6.87. The zero-order valence-electron chi connectivity index (χ0n) is 18.0. The molecule has 11 heteroatoms. The summed E-state index contributed by atoms with van der Waals surface area (Å²) in [7, 11) is 0. The number of benzene rings is 2. The Kier molecular flexibility index (Phi) is 6.85. The van der Waals surface area contributed by atoms with E-state index in [1.807, 2.05) is 17.0 Å². The Morgan fingerprint density at radius 3 is 2.40 bits per heavy atom. The van der Waals surface area contributed by atoms with Gasteiger partial charge in [0.05, 0.1) is 15.2 Å². The molecule has 3 heterocycles. The SMILES string of the molecule is O=C(c1cc2cc(Br)cc(Br)c2oc1=O)N1CCN(c2ccc(-c3ccc(Cl)cc3Cl)nn2)CC1. The number of carbonyl (C=O) groups is 1. The molecule has 1 saturated heterocycles. The van der Waals surface area contributed by atoms with Gasteiger partial charge in [-0.25, -0.2) is 4.79 Å². The van der Waals surface area contributed by atoms with Crippen LogP contribution >= 0.6 is 55.1 Å². The fourth-order valence-corrected chi connectivity index (χ4v) is 5.79. The lowest BCUT2D eigenvalue weighted by Crippen LogP contribution is -2.49. The van der Waals surface area contributed by atoms with E-state index in [0.29, 0.717) is 63.2 Å². The standard InChI is InChI=1S/C24H16Br2Cl2N4O3/c25-14-9-13-10-17(24(34)35-22(13)18(26)11-14)23(33)32-7-5-31(6-8-32)21-4-3-20(29-30-21)16-2-1-15(27)12-19(16)28/h1-4,9-12H,5-8H2. The monoisotopic (exact) mass is 636 g/mol. The minimum Gasteiger partial charge on any atom is -0.421 e. The summed E-state index contributed by atoms with van der Waals surface area (Å²) in [6, 6.07) is 14.1. The molecule has 5 rings (SSSR count). The number of anilines is 1. The Morgan fingerprint density at radius 1 is 0.943 bits per heavy atom. The van der Waals surface area contributed by atoms with Gasteiger partial charge >= 0.3 is 5.63 Å². The predicted octanol–water partition coefficient (Wildman–Crippen LogP) is 6.04. The molecular weight excluding hydrogens is 623 g/mol. The highest BCUT2D eigenvalue weighted by Crippen LogP contribution is 2.30. The number of hydrogen-bond donors (Lipinski definition) is 0. The second-order valence-electron chi connectivity index (χ2n) is 7.93. The fraction of sp³-hybridized carbons (Fsp3) is 0.167. The van der Waals surface area contributed by atoms with Gasteiger partial charge in [0.2, 0.25) is 0 Å². The Balaban J connectivity index is 1.29. The number of nitrogens with zero attached hydrogens (tertiary/aromatic N) is 4. The summed E-state index contributed by atoms with van der Waals surface area (Å²) in [6.07, 6.45) is 0. The first-order valence-electron chi connectivity index (χ1n) is 10.6. The van der Waals surface area contributed by atoms with Gasteiger partial charge in [0.15, 0.2) is 11.4 Å². The van der Waals surface area contributed by atoms with E-state index in [-0.39, 0.29) is 11.5 Å². The summed E-state index contributed by atoms with van der Waals surface area (Å²) >= 11 is 19.0. The lowest BCUT2D eigenvalue weighted by molar-refractivity contribution is 0.0742. The number of amides is 1. The molecule has 35 heavy (non-hydrogen) atoms. The summed E-state index contributed by atoms with van der Waals surface area (Å²) in [5, 5.41) is 10.4. The molecule has 1 aliphatic heterocycles. The maximum absolute atomic E-state index is 13.1. The second kappa shape index (κ2) is 9.89. The molecule has 4 aromatic rings. The molecule has 7 nitrogen and oxygen atoms in total. The maximum atomic E-state index is 13.1. The van der Waals surface area contributed by atoms with Crippen molar-refractivity contribution in [3.8, 4) is 11.3 Å². The Hall–Kier alpha value is -2.46. The van der Waals surface area contributed by atoms with Crippen molar-refractivity contribution in [1.82, 2.24) is 15.1 Å². The molecular formula is C24H16Br2Cl2N4O3. The number of piperazine rings is 1. The quantitative estimate of drug-likeness (QED) is 0.255. The van der Waals surface area contributed by atoms with Crippen LogP contribution in [0.5, 0.6) is 0 Å². The van der Waals surface area contributed by atoms with Gasteiger partial charge in [0.25, 0.3) is 5.91 Å². The molecule has 1 amide bonds. The van der Waals surface area contributed by atoms with Gasteiger partial charge < -0.3 is 14.2 Å². The maximum Gasteiger partial charge on any atom is 0.349 e. The van der Waals surface area contributed by atoms with Crippen LogP contribution in [0.25, 0.3) is 22.2 Å². The van der Waals surface area contributed by atoms with E-state index in [4.69, 9.17) is 27.6 Å². The van der Waals surface area contributed by atoms with Gasteiger partial charge in [-0.2, -0.15) is 0 Å². The van der Waals surface area contributed by atoms with Crippen LogP contribution in [0.2, 0.25) is 10.0 Å². The smallest absolute Gasteiger partial charge is 0.349 e. The van der Waals surface area contributed by atoms with Gasteiger partial charge in [0.1, 0.15) is 5.56 Å². The molecule has 1 aliphatic rings. The van der Waals surface area contributed by atoms with Crippen molar-refractivity contribution in [3.05, 3.63) is 83.5 Å². The molecule has 2 aromatic carbocycles. The number of carbonyl (C=O) groups excluding carboxylic acids is 1. The highest BCUT2D eigenvalue weighted by Gasteiger charge is 2.26. The highest BCUT2D eigenvalue weighted by atomic mass is 79.9. The molecule has 0 radical (unpaired) electrons. The lowest BCUT2D eigenvalue weighted by Gasteiger charge is -2.35. The molecule has 0 spiro atoms. The zero-order chi connectivity index (χ0) is 24.7. The van der Waals surface area contributed by atoms with Crippen molar-refractivity contribution in [2.45, 2.75) is 0 Å². The van der Waals surface area contributed by atoms with Crippen LogP contribution in [0.1, 0.15) is 10.4 Å². The zero-order valence-corrected chi connectivity index (χ0v) is 22.7. The predicted molar refractivity (Wildman–Crippen MR) is 143 cm³/mol. The van der Waals surface area contributed by atoms with Gasteiger partial charge in [-0.3, -0.25) is 4.79 Å². The summed E-state index contributed by atoms with van der Waals surface area (Å²) in [5.74, 6) is 0.348. The van der Waals surface area contributed by atoms with Crippen LogP contribution in [0.3, 0.4) is 0 Å². The number of fused-ring (bicyclic) bond motifs is 1. The Labute approximate surface area is 226 Å². The van der Waals surface area contributed by atoms with E-state index < -0.39 is 5.63 Å². The van der Waals surface area contributed by atoms with E-state index in [2.05, 4.69) is 42.1 Å². The van der Waals surface area contributed by atoms with E-state index >= 15 is 0 Å². The minimum absolute atomic E-state index is 0.0138. The topological polar surface area (TPSA) is 79.5 Å². The minimum atomic E-state index is -0.657. The molecule has 0 unspecified atom stereocenters. The first-order chi connectivity index (χ1) is 16.8. The fourth-order valence-electron chi connectivity index (χ4n) is 3.95. The summed E-state index contributed by atoms with van der Waals surface area (Å²) in [4.78, 5) is 29.3. The van der Waals surface area contributed by atoms with Crippen molar-refractivity contribution in [3.63, 3.8) is 0 Å². The first kappa shape index (κ1) is 24.2. The molecule has 0 saturated carbocycles. The molecule has 0 N–H and O–H groups in total. The summed E-state index contributed by atoms with van der Waals surface area (Å²) in [6.45, 7) is 1.98. The summed E-state index contributed by atoms with van der Waals surface area (Å²) in [5.41, 5.74) is 1.15. The van der Waals surface area contributed by atoms with Crippen molar-refractivity contribution >= 4 is 77.8 Å². The number of hydrogen-bond acceptors (Lipinski definition) is 6. The molecule has 0 bridgehead atoms. The average molecular weight is 639 g/mol. The first-order valence-corrected chi connectivity index (χ1v) is 12.9. The molecule has 0 atom stereocenters. The second-order valence-corrected chi connectivity index (χ2v) is 10.5. The van der Waals surface area contributed by atoms with Crippen LogP contribution in [-0.2, 0) is 0 Å². The van der Waals surface area contributed by atoms with Crippen molar-refractivity contribution in [2.75, 3.05) is 31.1 Å². The van der Waals surface area contributed by atoms with Crippen LogP contribution < -0.4 is 10.5 Å². The normalized spacial score (nSPS) is 13.9. The van der Waals surface area contributed by atoms with Crippen LogP contribution in [0.4, 0.5) is 5.82 Å². The van der Waals surface area contributed by atoms with E-state index in [0.717, 1.165) is 10.0 Å². The van der Waals surface area contributed by atoms with Crippen molar-refractivity contribution in [1.29, 1.82) is 0 Å². The third-order valence-electron chi connectivity index (χ3n) is 5.73. The lowest BCUT2D eigenvalue weighted by atomic mass is 10.1. The van der Waals surface area contributed by atoms with E-state index in [1.165, 1.54) is 0 Å². The third-order valence-corrected chi connectivity index (χ3v) is 7.33. The van der Waals surface area contributed by atoms with Crippen LogP contribution in [0.15, 0.2) is 66.7 Å². The Bertz CT molecular complexity index is 1500. The molecule has 178 valence electrons. The van der Waals surface area contributed by atoms with E-state index in [1.54, 1.807) is 41.3 Å². The average Bonchev–Trinajstić information content (AvgIpc) is 2.84. The van der Waals surface area contributed by atoms with Gasteiger partial charge in [-0.05, 0) is 64.5 Å². The van der Waals surface area contributed by atoms with Gasteiger partial charge in [-0.1, -0.05) is 39.1 Å². The van der Waals surface area contributed by atoms with Crippen molar-refractivity contribution < 1.29 is 9.21 Å². The molecule has 2 aromatic heterocycles. The third kappa shape index (κ3) is 4.95. The van der Waals surface area contributed by atoms with Gasteiger partial charge in [0, 0.05) is 46.6 Å². The van der Waals surface area contributed by atoms with Crippen LogP contribution in [0, 0.1) is 0 Å². The number of rotatable bonds is 3. The number of aromatic nitrogens is 2.